The van der Waals surface area contributed by atoms with Gasteiger partial charge in [0.1, 0.15) is 54.6 Å². The number of amides is 4. The fourth-order valence-corrected chi connectivity index (χ4v) is 10.1. The van der Waals surface area contributed by atoms with E-state index < -0.39 is 66.7 Å². The molecule has 0 spiro atoms. The lowest BCUT2D eigenvalue weighted by Gasteiger charge is -2.39. The number of quaternary nitrogens is 2. The average molecular weight is 1080 g/mol. The highest BCUT2D eigenvalue weighted by Gasteiger charge is 2.45. The Morgan fingerprint density at radius 3 is 0.878 bits per heavy atom. The van der Waals surface area contributed by atoms with Gasteiger partial charge in [-0.05, 0) is 75.6 Å². The van der Waals surface area contributed by atoms with Crippen LogP contribution in [0.5, 0.6) is 11.5 Å². The molecule has 0 saturated carbocycles. The molecule has 0 unspecified atom stereocenters. The van der Waals surface area contributed by atoms with Crippen LogP contribution in [0.4, 0.5) is 0 Å². The van der Waals surface area contributed by atoms with Crippen LogP contribution in [-0.2, 0) is 39.4 Å². The Morgan fingerprint density at radius 2 is 0.689 bits per heavy atom. The quantitative estimate of drug-likeness (QED) is 0.0311. The minimum Gasteiger partial charge on any atom is -0.746 e. The van der Waals surface area contributed by atoms with Gasteiger partial charge in [0.2, 0.25) is 11.8 Å². The van der Waals surface area contributed by atoms with Gasteiger partial charge < -0.3 is 48.8 Å². The number of benzene rings is 2. The number of β-lactam (4-membered cyclic amide) rings is 2. The molecule has 2 aliphatic rings. The Bertz CT molecular complexity index is 1860. The van der Waals surface area contributed by atoms with Crippen molar-refractivity contribution in [2.75, 3.05) is 65.6 Å². The van der Waals surface area contributed by atoms with Crippen molar-refractivity contribution >= 4 is 43.9 Å². The molecule has 0 aromatic heterocycles. The molecular weight excluding hydrogens is 989 g/mol. The highest BCUT2D eigenvalue weighted by atomic mass is 32.2. The van der Waals surface area contributed by atoms with E-state index in [-0.39, 0.29) is 13.2 Å². The zero-order valence-electron chi connectivity index (χ0n) is 46.1. The topological polar surface area (TPSA) is 249 Å². The molecule has 4 rings (SSSR count). The van der Waals surface area contributed by atoms with Crippen LogP contribution >= 0.6 is 0 Å². The van der Waals surface area contributed by atoms with E-state index in [1.807, 2.05) is 10.6 Å². The first-order valence-corrected chi connectivity index (χ1v) is 30.3. The SMILES string of the molecule is CCCC[N+](CCCC)(CCCC)CCCC.CCCC[N+](CCCC)(CCCC)CCCC.O=C(COc1ccccc1)N[C@@H]1C(=O)N[C@@H]1S(=O)(=O)[O-].O=C(COc1ccccc1)N[C@@H]1C(=O)N[C@@H]1S(=O)(=O)[O-]. The van der Waals surface area contributed by atoms with Crippen LogP contribution in [-0.4, -0.2) is 147 Å². The lowest BCUT2D eigenvalue weighted by molar-refractivity contribution is -0.929. The number of carbonyl (C=O) groups excluding carboxylic acids is 4. The molecule has 0 radical (unpaired) electrons. The smallest absolute Gasteiger partial charge is 0.258 e. The predicted molar refractivity (Wildman–Crippen MR) is 290 cm³/mol. The van der Waals surface area contributed by atoms with Crippen molar-refractivity contribution in [1.29, 1.82) is 0 Å². The van der Waals surface area contributed by atoms with E-state index >= 15 is 0 Å². The summed E-state index contributed by atoms with van der Waals surface area (Å²) >= 11 is 0. The molecule has 0 aliphatic carbocycles. The second-order valence-corrected chi connectivity index (χ2v) is 22.4. The second kappa shape index (κ2) is 37.4. The summed E-state index contributed by atoms with van der Waals surface area (Å²) in [6.45, 7) is 29.3. The van der Waals surface area contributed by atoms with Crippen molar-refractivity contribution in [1.82, 2.24) is 21.3 Å². The van der Waals surface area contributed by atoms with Gasteiger partial charge in [0.15, 0.2) is 13.2 Å². The molecule has 4 amide bonds. The Hall–Kier alpha value is -4.34. The monoisotopic (exact) mass is 1080 g/mol. The van der Waals surface area contributed by atoms with Crippen LogP contribution in [0.2, 0.25) is 0 Å². The standard InChI is InChI=1S/2C16H36N.2C11H12N2O6S/c2*1-5-9-13-17(14-10-6-2,15-11-7-3)16-12-8-4;2*14-8(6-19-7-4-2-1-3-5-7)12-9-10(15)13-11(9)20(16,17)18/h2*5-16H2,1-4H3;2*1-5,9,11H,6H2,(H,12,14)(H,13,15)(H,16,17,18)/q2*+1;;/p-2/t;;2*9-,11-/m..11/s1. The fourth-order valence-electron chi connectivity index (χ4n) is 8.52. The van der Waals surface area contributed by atoms with Crippen molar-refractivity contribution in [2.24, 2.45) is 0 Å². The first kappa shape index (κ1) is 67.7. The van der Waals surface area contributed by atoms with Crippen molar-refractivity contribution < 1.29 is 63.6 Å². The van der Waals surface area contributed by atoms with Crippen molar-refractivity contribution in [3.05, 3.63) is 60.7 Å². The van der Waals surface area contributed by atoms with E-state index in [1.54, 1.807) is 60.7 Å². The maximum Gasteiger partial charge on any atom is 0.258 e. The molecule has 2 aromatic rings. The van der Waals surface area contributed by atoms with Crippen LogP contribution in [0.25, 0.3) is 0 Å². The van der Waals surface area contributed by atoms with Crippen molar-refractivity contribution in [3.8, 4) is 11.5 Å². The third kappa shape index (κ3) is 26.9. The summed E-state index contributed by atoms with van der Waals surface area (Å²) in [5.41, 5.74) is 0. The number of hydrogen-bond donors (Lipinski definition) is 4. The largest absolute Gasteiger partial charge is 0.746 e. The maximum absolute atomic E-state index is 11.5. The zero-order valence-corrected chi connectivity index (χ0v) is 47.7. The van der Waals surface area contributed by atoms with E-state index in [0.29, 0.717) is 11.5 Å². The third-order valence-corrected chi connectivity index (χ3v) is 15.1. The Balaban J connectivity index is 0.000000495. The number of hydrogen-bond acceptors (Lipinski definition) is 12. The lowest BCUT2D eigenvalue weighted by Crippen LogP contribution is -2.71. The molecule has 2 aromatic carbocycles. The van der Waals surface area contributed by atoms with Crippen LogP contribution < -0.4 is 30.7 Å². The average Bonchev–Trinajstić information content (AvgIpc) is 3.38. The molecule has 2 aliphatic heterocycles. The molecule has 2 saturated heterocycles. The van der Waals surface area contributed by atoms with Crippen LogP contribution in [0.3, 0.4) is 0 Å². The minimum absolute atomic E-state index is 0.389. The molecule has 4 N–H and O–H groups in total. The number of rotatable bonds is 34. The molecule has 74 heavy (non-hydrogen) atoms. The lowest BCUT2D eigenvalue weighted by atomic mass is 10.1. The molecular formula is C54H94N6O12S2. The van der Waals surface area contributed by atoms with Gasteiger partial charge in [0.25, 0.3) is 11.8 Å². The van der Waals surface area contributed by atoms with E-state index in [1.165, 1.54) is 164 Å². The van der Waals surface area contributed by atoms with Crippen LogP contribution in [0.1, 0.15) is 158 Å². The summed E-state index contributed by atoms with van der Waals surface area (Å²) < 4.78 is 77.7. The summed E-state index contributed by atoms with van der Waals surface area (Å²) in [6, 6.07) is 14.2. The molecule has 0 bridgehead atoms. The van der Waals surface area contributed by atoms with Gasteiger partial charge in [-0.2, -0.15) is 0 Å². The number of carbonyl (C=O) groups is 4. The zero-order chi connectivity index (χ0) is 55.5. The van der Waals surface area contributed by atoms with Gasteiger partial charge in [0, 0.05) is 0 Å². The third-order valence-electron chi connectivity index (χ3n) is 13.1. The number of nitrogens with zero attached hydrogens (tertiary/aromatic N) is 2. The molecule has 18 nitrogen and oxygen atoms in total. The first-order valence-electron chi connectivity index (χ1n) is 27.4. The number of nitrogens with one attached hydrogen (secondary N) is 4. The van der Waals surface area contributed by atoms with E-state index in [0.717, 1.165) is 0 Å². The first-order chi connectivity index (χ1) is 35.2. The molecule has 2 heterocycles. The normalized spacial score (nSPS) is 17.2. The summed E-state index contributed by atoms with van der Waals surface area (Å²) in [7, 11) is -9.40. The van der Waals surface area contributed by atoms with Crippen molar-refractivity contribution in [3.63, 3.8) is 0 Å². The van der Waals surface area contributed by atoms with Crippen LogP contribution in [0.15, 0.2) is 60.7 Å². The van der Waals surface area contributed by atoms with Gasteiger partial charge in [-0.3, -0.25) is 19.2 Å². The number of ether oxygens (including phenoxy) is 2. The molecule has 2 fully saturated rings. The van der Waals surface area contributed by atoms with E-state index in [9.17, 15) is 45.1 Å². The molecule has 424 valence electrons. The maximum atomic E-state index is 11.5. The van der Waals surface area contributed by atoms with Gasteiger partial charge in [0.05, 0.1) is 52.4 Å². The van der Waals surface area contributed by atoms with Crippen LogP contribution in [0, 0.1) is 0 Å². The van der Waals surface area contributed by atoms with Gasteiger partial charge in [-0.15, -0.1) is 0 Å². The Labute approximate surface area is 445 Å². The highest BCUT2D eigenvalue weighted by Crippen LogP contribution is 2.19. The van der Waals surface area contributed by atoms with E-state index in [4.69, 9.17) is 9.47 Å². The summed E-state index contributed by atoms with van der Waals surface area (Å²) in [6.07, 6.45) is 22.1. The van der Waals surface area contributed by atoms with Gasteiger partial charge in [-0.1, -0.05) is 143 Å². The summed E-state index contributed by atoms with van der Waals surface area (Å²) in [4.78, 5) is 45.3. The van der Waals surface area contributed by atoms with E-state index in [2.05, 4.69) is 66.0 Å². The Kier molecular flexibility index (Phi) is 34.2. The Morgan fingerprint density at radius 1 is 0.459 bits per heavy atom. The van der Waals surface area contributed by atoms with Gasteiger partial charge >= 0.3 is 0 Å². The summed E-state index contributed by atoms with van der Waals surface area (Å²) in [5.74, 6) is -1.92. The minimum atomic E-state index is -4.70. The fraction of sp³-hybridized carbons (Fsp3) is 0.704. The number of para-hydroxylation sites is 2. The predicted octanol–water partition coefficient (Wildman–Crippen LogP) is 7.11. The molecule has 20 heteroatoms. The van der Waals surface area contributed by atoms with Crippen molar-refractivity contribution in [2.45, 2.75) is 181 Å². The second-order valence-electron chi connectivity index (χ2n) is 19.4. The number of unbranched alkanes of at least 4 members (excludes halogenated alkanes) is 8. The summed E-state index contributed by atoms with van der Waals surface area (Å²) in [5, 5.41) is 4.85. The highest BCUT2D eigenvalue weighted by molar-refractivity contribution is 7.86. The molecule has 4 atom stereocenters. The van der Waals surface area contributed by atoms with Gasteiger partial charge in [-0.25, -0.2) is 16.8 Å².